The van der Waals surface area contributed by atoms with Gasteiger partial charge >= 0.3 is 0 Å². The van der Waals surface area contributed by atoms with E-state index < -0.39 is 0 Å². The zero-order valence-electron chi connectivity index (χ0n) is 13.4. The van der Waals surface area contributed by atoms with Crippen LogP contribution >= 0.6 is 0 Å². The molecule has 21 heavy (non-hydrogen) atoms. The summed E-state index contributed by atoms with van der Waals surface area (Å²) >= 11 is 0. The predicted molar refractivity (Wildman–Crippen MR) is 86.8 cm³/mol. The van der Waals surface area contributed by atoms with Crippen LogP contribution in [0, 0.1) is 23.6 Å². The Balaban J connectivity index is 1.51. The minimum Gasteiger partial charge on any atom is -0.207 e. The van der Waals surface area contributed by atoms with Crippen LogP contribution in [0.3, 0.4) is 0 Å². The molecule has 0 aliphatic heterocycles. The SMILES string of the molecule is CCC1CCC(C2CCC(c3cccc(F)c3)CC2)CC1. The molecule has 116 valence electrons. The van der Waals surface area contributed by atoms with Gasteiger partial charge in [-0.1, -0.05) is 38.3 Å². The molecule has 0 bridgehead atoms. The monoisotopic (exact) mass is 288 g/mol. The molecule has 0 spiro atoms. The third-order valence-corrected chi connectivity index (χ3v) is 6.23. The first-order chi connectivity index (χ1) is 10.3. The molecule has 0 N–H and O–H groups in total. The first-order valence-corrected chi connectivity index (χ1v) is 9.01. The number of hydrogen-bond donors (Lipinski definition) is 0. The fourth-order valence-electron chi connectivity index (χ4n) is 4.75. The fraction of sp³-hybridized carbons (Fsp3) is 0.700. The summed E-state index contributed by atoms with van der Waals surface area (Å²) in [6, 6.07) is 7.28. The Labute approximate surface area is 129 Å². The molecule has 0 unspecified atom stereocenters. The normalized spacial score (nSPS) is 33.8. The van der Waals surface area contributed by atoms with Crippen molar-refractivity contribution in [2.75, 3.05) is 0 Å². The molecule has 0 saturated heterocycles. The fourth-order valence-corrected chi connectivity index (χ4v) is 4.75. The van der Waals surface area contributed by atoms with Crippen LogP contribution < -0.4 is 0 Å². The Kier molecular flexibility index (Phi) is 4.98. The highest BCUT2D eigenvalue weighted by Crippen LogP contribution is 2.44. The summed E-state index contributed by atoms with van der Waals surface area (Å²) in [7, 11) is 0. The van der Waals surface area contributed by atoms with Gasteiger partial charge in [0.1, 0.15) is 5.82 Å². The highest BCUT2D eigenvalue weighted by Gasteiger charge is 2.30. The van der Waals surface area contributed by atoms with E-state index in [1.807, 2.05) is 6.07 Å². The van der Waals surface area contributed by atoms with Gasteiger partial charge in [-0.15, -0.1) is 0 Å². The van der Waals surface area contributed by atoms with Gasteiger partial charge in [-0.05, 0) is 79.9 Å². The van der Waals surface area contributed by atoms with E-state index in [0.717, 1.165) is 17.8 Å². The maximum Gasteiger partial charge on any atom is 0.123 e. The number of benzene rings is 1. The molecular weight excluding hydrogens is 259 g/mol. The van der Waals surface area contributed by atoms with E-state index >= 15 is 0 Å². The van der Waals surface area contributed by atoms with Gasteiger partial charge in [-0.2, -0.15) is 0 Å². The Bertz CT molecular complexity index is 437. The molecule has 0 atom stereocenters. The molecule has 0 heterocycles. The Hall–Kier alpha value is -0.850. The zero-order chi connectivity index (χ0) is 14.7. The van der Waals surface area contributed by atoms with Gasteiger partial charge < -0.3 is 0 Å². The van der Waals surface area contributed by atoms with Gasteiger partial charge in [0.15, 0.2) is 0 Å². The first kappa shape index (κ1) is 15.1. The third-order valence-electron chi connectivity index (χ3n) is 6.23. The van der Waals surface area contributed by atoms with Gasteiger partial charge in [0.25, 0.3) is 0 Å². The van der Waals surface area contributed by atoms with Crippen LogP contribution in [0.25, 0.3) is 0 Å². The summed E-state index contributed by atoms with van der Waals surface area (Å²) < 4.78 is 13.4. The minimum atomic E-state index is -0.0764. The second-order valence-electron chi connectivity index (χ2n) is 7.36. The first-order valence-electron chi connectivity index (χ1n) is 9.01. The average molecular weight is 288 g/mol. The van der Waals surface area contributed by atoms with Crippen LogP contribution in [0.4, 0.5) is 4.39 Å². The quantitative estimate of drug-likeness (QED) is 0.611. The summed E-state index contributed by atoms with van der Waals surface area (Å²) in [5.41, 5.74) is 1.23. The van der Waals surface area contributed by atoms with Crippen LogP contribution in [0.1, 0.15) is 76.2 Å². The van der Waals surface area contributed by atoms with E-state index in [9.17, 15) is 4.39 Å². The summed E-state index contributed by atoms with van der Waals surface area (Å²) in [5, 5.41) is 0. The lowest BCUT2D eigenvalue weighted by Crippen LogP contribution is -2.25. The molecular formula is C20H29F. The van der Waals surface area contributed by atoms with Crippen molar-refractivity contribution >= 4 is 0 Å². The van der Waals surface area contributed by atoms with Gasteiger partial charge in [0, 0.05) is 0 Å². The lowest BCUT2D eigenvalue weighted by atomic mass is 9.68. The molecule has 1 aromatic carbocycles. The van der Waals surface area contributed by atoms with Crippen molar-refractivity contribution in [2.45, 2.75) is 70.6 Å². The van der Waals surface area contributed by atoms with E-state index in [1.54, 1.807) is 12.1 Å². The minimum absolute atomic E-state index is 0.0764. The van der Waals surface area contributed by atoms with Crippen molar-refractivity contribution in [3.05, 3.63) is 35.6 Å². The highest BCUT2D eigenvalue weighted by atomic mass is 19.1. The Morgan fingerprint density at radius 1 is 0.905 bits per heavy atom. The standard InChI is InChI=1S/C20H29F/c1-2-15-6-8-16(9-7-15)17-10-12-18(13-11-17)19-4-3-5-20(21)14-19/h3-5,14-18H,2,6-13H2,1H3. The summed E-state index contributed by atoms with van der Waals surface area (Å²) in [4.78, 5) is 0. The van der Waals surface area contributed by atoms with E-state index in [0.29, 0.717) is 5.92 Å². The van der Waals surface area contributed by atoms with Crippen molar-refractivity contribution < 1.29 is 4.39 Å². The lowest BCUT2D eigenvalue weighted by molar-refractivity contribution is 0.158. The van der Waals surface area contributed by atoms with Crippen molar-refractivity contribution in [1.29, 1.82) is 0 Å². The topological polar surface area (TPSA) is 0 Å². The van der Waals surface area contributed by atoms with E-state index in [-0.39, 0.29) is 5.82 Å². The highest BCUT2D eigenvalue weighted by molar-refractivity contribution is 5.21. The average Bonchev–Trinajstić information content (AvgIpc) is 2.55. The van der Waals surface area contributed by atoms with E-state index in [4.69, 9.17) is 0 Å². The molecule has 2 aliphatic carbocycles. The molecule has 1 heteroatoms. The van der Waals surface area contributed by atoms with Crippen LogP contribution in [-0.2, 0) is 0 Å². The van der Waals surface area contributed by atoms with Crippen molar-refractivity contribution in [2.24, 2.45) is 17.8 Å². The van der Waals surface area contributed by atoms with Crippen LogP contribution in [-0.4, -0.2) is 0 Å². The molecule has 0 nitrogen and oxygen atoms in total. The molecule has 0 amide bonds. The largest absolute Gasteiger partial charge is 0.207 e. The third kappa shape index (κ3) is 3.67. The van der Waals surface area contributed by atoms with E-state index in [2.05, 4.69) is 13.0 Å². The maximum absolute atomic E-state index is 13.4. The van der Waals surface area contributed by atoms with Gasteiger partial charge in [0.2, 0.25) is 0 Å². The predicted octanol–water partition coefficient (Wildman–Crippen LogP) is 6.32. The molecule has 3 rings (SSSR count). The second kappa shape index (κ2) is 6.94. The van der Waals surface area contributed by atoms with Crippen LogP contribution in [0.15, 0.2) is 24.3 Å². The molecule has 0 aromatic heterocycles. The van der Waals surface area contributed by atoms with Crippen molar-refractivity contribution in [3.8, 4) is 0 Å². The molecule has 0 radical (unpaired) electrons. The molecule has 1 aromatic rings. The summed E-state index contributed by atoms with van der Waals surface area (Å²) in [5.74, 6) is 3.47. The maximum atomic E-state index is 13.4. The number of halogens is 1. The summed E-state index contributed by atoms with van der Waals surface area (Å²) in [6.45, 7) is 2.34. The number of rotatable bonds is 3. The zero-order valence-corrected chi connectivity index (χ0v) is 13.4. The van der Waals surface area contributed by atoms with Gasteiger partial charge in [-0.3, -0.25) is 0 Å². The van der Waals surface area contributed by atoms with Crippen molar-refractivity contribution in [1.82, 2.24) is 0 Å². The Morgan fingerprint density at radius 3 is 2.10 bits per heavy atom. The van der Waals surface area contributed by atoms with Gasteiger partial charge in [0.05, 0.1) is 0 Å². The van der Waals surface area contributed by atoms with Crippen LogP contribution in [0.2, 0.25) is 0 Å². The lowest BCUT2D eigenvalue weighted by Gasteiger charge is -2.37. The Morgan fingerprint density at radius 2 is 1.52 bits per heavy atom. The molecule has 2 aliphatic rings. The molecule has 2 fully saturated rings. The van der Waals surface area contributed by atoms with E-state index in [1.165, 1.54) is 63.4 Å². The second-order valence-corrected chi connectivity index (χ2v) is 7.36. The number of hydrogen-bond acceptors (Lipinski definition) is 0. The van der Waals surface area contributed by atoms with Gasteiger partial charge in [-0.25, -0.2) is 4.39 Å². The van der Waals surface area contributed by atoms with Crippen LogP contribution in [0.5, 0.6) is 0 Å². The smallest absolute Gasteiger partial charge is 0.123 e. The summed E-state index contributed by atoms with van der Waals surface area (Å²) in [6.07, 6.45) is 12.5. The molecule has 2 saturated carbocycles. The van der Waals surface area contributed by atoms with Crippen molar-refractivity contribution in [3.63, 3.8) is 0 Å².